The zero-order chi connectivity index (χ0) is 17.5. The quantitative estimate of drug-likeness (QED) is 0.886. The minimum absolute atomic E-state index is 0.0909. The van der Waals surface area contributed by atoms with Crippen LogP contribution in [0.5, 0.6) is 5.75 Å². The standard InChI is InChI=1S/C18H18FN3O2/c1-22(2)18(23)11-21-15-6-7-17(16(19)9-15)24-12-14-5-3-4-13(8-14)10-20/h3-9,21H,11-12H2,1-2H3. The van der Waals surface area contributed by atoms with Gasteiger partial charge in [0.25, 0.3) is 0 Å². The summed E-state index contributed by atoms with van der Waals surface area (Å²) in [6, 6.07) is 13.4. The molecule has 0 aliphatic carbocycles. The van der Waals surface area contributed by atoms with E-state index in [9.17, 15) is 9.18 Å². The Morgan fingerprint density at radius 3 is 2.75 bits per heavy atom. The number of anilines is 1. The molecule has 6 heteroatoms. The second-order valence-electron chi connectivity index (χ2n) is 5.39. The van der Waals surface area contributed by atoms with Crippen LogP contribution in [0.4, 0.5) is 10.1 Å². The topological polar surface area (TPSA) is 65.4 Å². The van der Waals surface area contributed by atoms with E-state index in [0.717, 1.165) is 5.56 Å². The van der Waals surface area contributed by atoms with E-state index in [-0.39, 0.29) is 24.8 Å². The molecule has 1 amide bonds. The largest absolute Gasteiger partial charge is 0.486 e. The third-order valence-electron chi connectivity index (χ3n) is 3.32. The maximum absolute atomic E-state index is 14.1. The molecule has 2 aromatic rings. The van der Waals surface area contributed by atoms with Crippen molar-refractivity contribution in [1.82, 2.24) is 4.90 Å². The fourth-order valence-electron chi connectivity index (χ4n) is 1.96. The van der Waals surface area contributed by atoms with Crippen LogP contribution in [0.1, 0.15) is 11.1 Å². The van der Waals surface area contributed by atoms with Crippen LogP contribution in [0.2, 0.25) is 0 Å². The Balaban J connectivity index is 1.97. The molecule has 2 aromatic carbocycles. The van der Waals surface area contributed by atoms with E-state index in [1.165, 1.54) is 17.0 Å². The van der Waals surface area contributed by atoms with Crippen molar-refractivity contribution in [1.29, 1.82) is 5.26 Å². The van der Waals surface area contributed by atoms with Crippen molar-refractivity contribution >= 4 is 11.6 Å². The molecule has 0 aromatic heterocycles. The molecular weight excluding hydrogens is 309 g/mol. The summed E-state index contributed by atoms with van der Waals surface area (Å²) in [5.74, 6) is -0.510. The van der Waals surface area contributed by atoms with Crippen molar-refractivity contribution < 1.29 is 13.9 Å². The maximum atomic E-state index is 14.1. The normalized spacial score (nSPS) is 9.92. The van der Waals surface area contributed by atoms with Gasteiger partial charge in [-0.1, -0.05) is 12.1 Å². The number of hydrogen-bond acceptors (Lipinski definition) is 4. The number of nitrogens with zero attached hydrogens (tertiary/aromatic N) is 2. The number of halogens is 1. The van der Waals surface area contributed by atoms with Gasteiger partial charge in [-0.15, -0.1) is 0 Å². The Kier molecular flexibility index (Phi) is 5.74. The van der Waals surface area contributed by atoms with Crippen LogP contribution < -0.4 is 10.1 Å². The summed E-state index contributed by atoms with van der Waals surface area (Å²) in [6.45, 7) is 0.256. The van der Waals surface area contributed by atoms with Crippen LogP contribution in [-0.4, -0.2) is 31.4 Å². The van der Waals surface area contributed by atoms with Gasteiger partial charge in [0.05, 0.1) is 18.2 Å². The lowest BCUT2D eigenvalue weighted by molar-refractivity contribution is -0.126. The Hall–Kier alpha value is -3.07. The van der Waals surface area contributed by atoms with Crippen molar-refractivity contribution in [3.8, 4) is 11.8 Å². The Morgan fingerprint density at radius 1 is 1.29 bits per heavy atom. The van der Waals surface area contributed by atoms with Gasteiger partial charge in [0.15, 0.2) is 11.6 Å². The highest BCUT2D eigenvalue weighted by atomic mass is 19.1. The number of nitriles is 1. The van der Waals surface area contributed by atoms with E-state index in [2.05, 4.69) is 5.32 Å². The zero-order valence-electron chi connectivity index (χ0n) is 13.5. The molecule has 2 rings (SSSR count). The molecule has 0 fully saturated rings. The van der Waals surface area contributed by atoms with Gasteiger partial charge in [0.2, 0.25) is 5.91 Å². The predicted octanol–water partition coefficient (Wildman–Crippen LogP) is 2.78. The van der Waals surface area contributed by atoms with Gasteiger partial charge in [-0.05, 0) is 29.8 Å². The molecule has 0 bridgehead atoms. The van der Waals surface area contributed by atoms with Crippen molar-refractivity contribution in [3.63, 3.8) is 0 Å². The van der Waals surface area contributed by atoms with Crippen LogP contribution in [0.25, 0.3) is 0 Å². The van der Waals surface area contributed by atoms with Gasteiger partial charge in [-0.25, -0.2) is 4.39 Å². The van der Waals surface area contributed by atoms with E-state index in [1.54, 1.807) is 38.4 Å². The highest BCUT2D eigenvalue weighted by molar-refractivity contribution is 5.80. The van der Waals surface area contributed by atoms with E-state index in [4.69, 9.17) is 10.00 Å². The second kappa shape index (κ2) is 7.97. The van der Waals surface area contributed by atoms with Crippen LogP contribution in [-0.2, 0) is 11.4 Å². The van der Waals surface area contributed by atoms with Crippen molar-refractivity contribution in [3.05, 3.63) is 59.4 Å². The summed E-state index contributed by atoms with van der Waals surface area (Å²) >= 11 is 0. The SMILES string of the molecule is CN(C)C(=O)CNc1ccc(OCc2cccc(C#N)c2)c(F)c1. The van der Waals surface area contributed by atoms with Crippen LogP contribution >= 0.6 is 0 Å². The second-order valence-corrected chi connectivity index (χ2v) is 5.39. The summed E-state index contributed by atoms with van der Waals surface area (Å²) in [6.07, 6.45) is 0. The lowest BCUT2D eigenvalue weighted by Crippen LogP contribution is -2.28. The maximum Gasteiger partial charge on any atom is 0.241 e. The number of hydrogen-bond donors (Lipinski definition) is 1. The van der Waals surface area contributed by atoms with E-state index in [1.807, 2.05) is 12.1 Å². The lowest BCUT2D eigenvalue weighted by atomic mass is 10.1. The molecule has 5 nitrogen and oxygen atoms in total. The summed E-state index contributed by atoms with van der Waals surface area (Å²) in [5.41, 5.74) is 1.82. The summed E-state index contributed by atoms with van der Waals surface area (Å²) in [7, 11) is 3.31. The average molecular weight is 327 g/mol. The van der Waals surface area contributed by atoms with Crippen LogP contribution in [0, 0.1) is 17.1 Å². The fourth-order valence-corrected chi connectivity index (χ4v) is 1.96. The van der Waals surface area contributed by atoms with Gasteiger partial charge in [0, 0.05) is 25.8 Å². The number of ether oxygens (including phenoxy) is 1. The molecule has 0 atom stereocenters. The van der Waals surface area contributed by atoms with Crippen molar-refractivity contribution in [2.24, 2.45) is 0 Å². The Labute approximate surface area is 140 Å². The molecule has 0 heterocycles. The van der Waals surface area contributed by atoms with E-state index < -0.39 is 5.82 Å². The molecule has 0 saturated heterocycles. The first kappa shape index (κ1) is 17.3. The Morgan fingerprint density at radius 2 is 2.08 bits per heavy atom. The van der Waals surface area contributed by atoms with Crippen LogP contribution in [0.3, 0.4) is 0 Å². The summed E-state index contributed by atoms with van der Waals surface area (Å²) in [4.78, 5) is 13.0. The highest BCUT2D eigenvalue weighted by Gasteiger charge is 2.08. The number of carbonyl (C=O) groups excluding carboxylic acids is 1. The molecule has 0 unspecified atom stereocenters. The third-order valence-corrected chi connectivity index (χ3v) is 3.32. The zero-order valence-corrected chi connectivity index (χ0v) is 13.5. The molecule has 1 N–H and O–H groups in total. The number of nitrogens with one attached hydrogen (secondary N) is 1. The molecule has 0 aliphatic rings. The van der Waals surface area contributed by atoms with Gasteiger partial charge in [-0.3, -0.25) is 4.79 Å². The number of likely N-dealkylation sites (N-methyl/N-ethyl adjacent to an activating group) is 1. The fraction of sp³-hybridized carbons (Fsp3) is 0.222. The van der Waals surface area contributed by atoms with Gasteiger partial charge in [0.1, 0.15) is 6.61 Å². The molecule has 0 spiro atoms. The monoisotopic (exact) mass is 327 g/mol. The Bertz CT molecular complexity index is 769. The minimum Gasteiger partial charge on any atom is -0.486 e. The van der Waals surface area contributed by atoms with Crippen molar-refractivity contribution in [2.45, 2.75) is 6.61 Å². The summed E-state index contributed by atoms with van der Waals surface area (Å²) in [5, 5.41) is 11.7. The lowest BCUT2D eigenvalue weighted by Gasteiger charge is -2.13. The van der Waals surface area contributed by atoms with Crippen molar-refractivity contribution in [2.75, 3.05) is 26.0 Å². The highest BCUT2D eigenvalue weighted by Crippen LogP contribution is 2.22. The average Bonchev–Trinajstić information content (AvgIpc) is 2.58. The first-order valence-corrected chi connectivity index (χ1v) is 7.35. The number of benzene rings is 2. The van der Waals surface area contributed by atoms with Gasteiger partial charge < -0.3 is 15.0 Å². The molecule has 0 saturated carbocycles. The smallest absolute Gasteiger partial charge is 0.241 e. The van der Waals surface area contributed by atoms with Gasteiger partial charge >= 0.3 is 0 Å². The molecule has 24 heavy (non-hydrogen) atoms. The predicted molar refractivity (Wildman–Crippen MR) is 89.1 cm³/mol. The molecule has 124 valence electrons. The van der Waals surface area contributed by atoms with Gasteiger partial charge in [-0.2, -0.15) is 5.26 Å². The number of rotatable bonds is 6. The first-order valence-electron chi connectivity index (χ1n) is 7.35. The number of amides is 1. The first-order chi connectivity index (χ1) is 11.5. The van der Waals surface area contributed by atoms with Crippen LogP contribution in [0.15, 0.2) is 42.5 Å². The van der Waals surface area contributed by atoms with E-state index in [0.29, 0.717) is 11.3 Å². The molecule has 0 radical (unpaired) electrons. The third kappa shape index (κ3) is 4.71. The van der Waals surface area contributed by atoms with E-state index >= 15 is 0 Å². The molecule has 0 aliphatic heterocycles. The molecular formula is C18H18FN3O2. The number of carbonyl (C=O) groups is 1. The minimum atomic E-state index is -0.520. The summed E-state index contributed by atoms with van der Waals surface area (Å²) < 4.78 is 19.5.